The molecule has 1 N–H and O–H groups in total. The van der Waals surface area contributed by atoms with Gasteiger partial charge in [0, 0.05) is 16.6 Å². The number of nitrogens with one attached hydrogen (secondary N) is 1. The number of hydrogen-bond donors (Lipinski definition) is 1. The van der Waals surface area contributed by atoms with Gasteiger partial charge in [0.05, 0.1) is 12.1 Å². The van der Waals surface area contributed by atoms with Gasteiger partial charge >= 0.3 is 0 Å². The molecule has 0 radical (unpaired) electrons. The molecule has 0 saturated heterocycles. The van der Waals surface area contributed by atoms with Crippen LogP contribution in [0.25, 0.3) is 10.6 Å². The van der Waals surface area contributed by atoms with Crippen molar-refractivity contribution in [3.8, 4) is 10.6 Å². The van der Waals surface area contributed by atoms with Gasteiger partial charge < -0.3 is 5.32 Å². The van der Waals surface area contributed by atoms with E-state index < -0.39 is 0 Å². The first-order valence-corrected chi connectivity index (χ1v) is 8.78. The zero-order chi connectivity index (χ0) is 17.1. The Morgan fingerprint density at radius 1 is 1.08 bits per heavy atom. The Kier molecular flexibility index (Phi) is 4.76. The maximum atomic E-state index is 12.4. The Labute approximate surface area is 146 Å². The summed E-state index contributed by atoms with van der Waals surface area (Å²) in [5, 5.41) is 5.93. The monoisotopic (exact) mass is 336 g/mol. The second-order valence-electron chi connectivity index (χ2n) is 6.01. The third-order valence-corrected chi connectivity index (χ3v) is 4.80. The van der Waals surface area contributed by atoms with Gasteiger partial charge in [0.2, 0.25) is 5.91 Å². The van der Waals surface area contributed by atoms with Crippen LogP contribution in [0.3, 0.4) is 0 Å². The predicted octanol–water partition coefficient (Wildman–Crippen LogP) is 4.92. The van der Waals surface area contributed by atoms with Crippen molar-refractivity contribution in [2.24, 2.45) is 0 Å². The van der Waals surface area contributed by atoms with Crippen LogP contribution in [0.2, 0.25) is 0 Å². The third-order valence-electron chi connectivity index (χ3n) is 3.86. The molecule has 1 aromatic heterocycles. The highest BCUT2D eigenvalue weighted by Gasteiger charge is 2.12. The second kappa shape index (κ2) is 6.97. The molecule has 2 aromatic carbocycles. The van der Waals surface area contributed by atoms with Crippen molar-refractivity contribution in [3.05, 3.63) is 70.2 Å². The summed E-state index contributed by atoms with van der Waals surface area (Å²) in [4.78, 5) is 16.9. The van der Waals surface area contributed by atoms with E-state index in [-0.39, 0.29) is 12.3 Å². The third kappa shape index (κ3) is 3.71. The largest absolute Gasteiger partial charge is 0.325 e. The average Bonchev–Trinajstić information content (AvgIpc) is 3.00. The minimum absolute atomic E-state index is 0.0324. The van der Waals surface area contributed by atoms with E-state index in [4.69, 9.17) is 0 Å². The van der Waals surface area contributed by atoms with Crippen molar-refractivity contribution in [1.29, 1.82) is 0 Å². The number of benzene rings is 2. The van der Waals surface area contributed by atoms with Gasteiger partial charge in [-0.2, -0.15) is 0 Å². The summed E-state index contributed by atoms with van der Waals surface area (Å²) in [6.45, 7) is 6.10. The summed E-state index contributed by atoms with van der Waals surface area (Å²) in [6, 6.07) is 14.2. The summed E-state index contributed by atoms with van der Waals surface area (Å²) in [5.41, 5.74) is 6.17. The number of anilines is 1. The molecule has 0 atom stereocenters. The van der Waals surface area contributed by atoms with Crippen molar-refractivity contribution < 1.29 is 4.79 Å². The zero-order valence-electron chi connectivity index (χ0n) is 14.1. The molecule has 3 nitrogen and oxygen atoms in total. The first-order chi connectivity index (χ1) is 11.5. The molecule has 0 unspecified atom stereocenters. The van der Waals surface area contributed by atoms with Crippen LogP contribution in [0.4, 0.5) is 5.69 Å². The maximum absolute atomic E-state index is 12.4. The lowest BCUT2D eigenvalue weighted by molar-refractivity contribution is -0.115. The fourth-order valence-electron chi connectivity index (χ4n) is 2.83. The Balaban J connectivity index is 1.71. The Morgan fingerprint density at radius 3 is 2.42 bits per heavy atom. The van der Waals surface area contributed by atoms with Crippen molar-refractivity contribution in [2.45, 2.75) is 27.2 Å². The highest BCUT2D eigenvalue weighted by Crippen LogP contribution is 2.25. The van der Waals surface area contributed by atoms with Crippen LogP contribution < -0.4 is 5.32 Å². The second-order valence-corrected chi connectivity index (χ2v) is 6.87. The van der Waals surface area contributed by atoms with Gasteiger partial charge in [-0.1, -0.05) is 48.0 Å². The quantitative estimate of drug-likeness (QED) is 0.735. The lowest BCUT2D eigenvalue weighted by atomic mass is 10.0. The van der Waals surface area contributed by atoms with Gasteiger partial charge in [-0.3, -0.25) is 4.79 Å². The van der Waals surface area contributed by atoms with Gasteiger partial charge in [-0.15, -0.1) is 11.3 Å². The molecule has 0 aliphatic heterocycles. The fourth-order valence-corrected chi connectivity index (χ4v) is 3.65. The van der Waals surface area contributed by atoms with E-state index in [2.05, 4.69) is 29.4 Å². The number of carbonyl (C=O) groups excluding carboxylic acids is 1. The van der Waals surface area contributed by atoms with E-state index in [1.165, 1.54) is 5.56 Å². The van der Waals surface area contributed by atoms with E-state index in [1.54, 1.807) is 11.3 Å². The smallest absolute Gasteiger partial charge is 0.230 e. The SMILES string of the molecule is Cc1cc(C)c(NC(=O)Cc2csc(-c3ccccc3)n2)c(C)c1. The number of carbonyl (C=O) groups is 1. The lowest BCUT2D eigenvalue weighted by Crippen LogP contribution is -2.16. The molecule has 4 heteroatoms. The summed E-state index contributed by atoms with van der Waals surface area (Å²) in [7, 11) is 0. The molecule has 24 heavy (non-hydrogen) atoms. The van der Waals surface area contributed by atoms with E-state index in [9.17, 15) is 4.79 Å². The highest BCUT2D eigenvalue weighted by atomic mass is 32.1. The van der Waals surface area contributed by atoms with Gasteiger partial charge in [0.25, 0.3) is 0 Å². The number of amides is 1. The first kappa shape index (κ1) is 16.4. The van der Waals surface area contributed by atoms with Crippen LogP contribution in [0.1, 0.15) is 22.4 Å². The van der Waals surface area contributed by atoms with Crippen molar-refractivity contribution in [3.63, 3.8) is 0 Å². The molecule has 1 heterocycles. The Morgan fingerprint density at radius 2 is 1.75 bits per heavy atom. The molecule has 3 aromatic rings. The van der Waals surface area contributed by atoms with Crippen LogP contribution in [-0.4, -0.2) is 10.9 Å². The van der Waals surface area contributed by atoms with Crippen LogP contribution in [0.15, 0.2) is 47.8 Å². The molecule has 1 amide bonds. The normalized spacial score (nSPS) is 10.6. The molecule has 0 saturated carbocycles. The van der Waals surface area contributed by atoms with E-state index >= 15 is 0 Å². The summed E-state index contributed by atoms with van der Waals surface area (Å²) in [5.74, 6) is -0.0324. The fraction of sp³-hybridized carbons (Fsp3) is 0.200. The number of rotatable bonds is 4. The number of aromatic nitrogens is 1. The average molecular weight is 336 g/mol. The number of hydrogen-bond acceptors (Lipinski definition) is 3. The van der Waals surface area contributed by atoms with Crippen molar-refractivity contribution >= 4 is 22.9 Å². The Hall–Kier alpha value is -2.46. The lowest BCUT2D eigenvalue weighted by Gasteiger charge is -2.12. The highest BCUT2D eigenvalue weighted by molar-refractivity contribution is 7.13. The summed E-state index contributed by atoms with van der Waals surface area (Å²) >= 11 is 1.57. The van der Waals surface area contributed by atoms with Crippen LogP contribution in [-0.2, 0) is 11.2 Å². The van der Waals surface area contributed by atoms with Crippen LogP contribution in [0.5, 0.6) is 0 Å². The van der Waals surface area contributed by atoms with E-state index in [1.807, 2.05) is 49.6 Å². The van der Waals surface area contributed by atoms with Gasteiger partial charge in [0.1, 0.15) is 5.01 Å². The maximum Gasteiger partial charge on any atom is 0.230 e. The molecule has 0 aliphatic rings. The molecule has 122 valence electrons. The van der Waals surface area contributed by atoms with Gasteiger partial charge in [-0.25, -0.2) is 4.98 Å². The zero-order valence-corrected chi connectivity index (χ0v) is 14.9. The van der Waals surface area contributed by atoms with Crippen LogP contribution >= 0.6 is 11.3 Å². The minimum atomic E-state index is -0.0324. The number of thiazole rings is 1. The minimum Gasteiger partial charge on any atom is -0.325 e. The molecular formula is C20H20N2OS. The molecule has 0 spiro atoms. The predicted molar refractivity (Wildman–Crippen MR) is 101 cm³/mol. The number of nitrogens with zero attached hydrogens (tertiary/aromatic N) is 1. The number of aryl methyl sites for hydroxylation is 3. The van der Waals surface area contributed by atoms with E-state index in [0.29, 0.717) is 0 Å². The summed E-state index contributed by atoms with van der Waals surface area (Å²) < 4.78 is 0. The van der Waals surface area contributed by atoms with Gasteiger partial charge in [0.15, 0.2) is 0 Å². The van der Waals surface area contributed by atoms with Gasteiger partial charge in [-0.05, 0) is 31.9 Å². The summed E-state index contributed by atoms with van der Waals surface area (Å²) in [6.07, 6.45) is 0.288. The first-order valence-electron chi connectivity index (χ1n) is 7.90. The molecule has 0 bridgehead atoms. The molecular weight excluding hydrogens is 316 g/mol. The van der Waals surface area contributed by atoms with E-state index in [0.717, 1.165) is 33.1 Å². The topological polar surface area (TPSA) is 42.0 Å². The molecule has 0 fully saturated rings. The molecule has 3 rings (SSSR count). The van der Waals surface area contributed by atoms with Crippen LogP contribution in [0, 0.1) is 20.8 Å². The van der Waals surface area contributed by atoms with Crippen molar-refractivity contribution in [2.75, 3.05) is 5.32 Å². The van der Waals surface area contributed by atoms with Crippen molar-refractivity contribution in [1.82, 2.24) is 4.98 Å². The molecule has 0 aliphatic carbocycles. The Bertz CT molecular complexity index is 845. The standard InChI is InChI=1S/C20H20N2OS/c1-13-9-14(2)19(15(3)10-13)22-18(23)11-17-12-24-20(21-17)16-7-5-4-6-8-16/h4-10,12H,11H2,1-3H3,(H,22,23).